The molecule has 0 amide bonds. The fourth-order valence-electron chi connectivity index (χ4n) is 4.08. The summed E-state index contributed by atoms with van der Waals surface area (Å²) in [6.45, 7) is 15.4. The maximum Gasteiger partial charge on any atom is 0.122 e. The highest BCUT2D eigenvalue weighted by Gasteiger charge is 2.19. The van der Waals surface area contributed by atoms with Gasteiger partial charge in [0.05, 0.1) is 19.3 Å². The molecule has 0 unspecified atom stereocenters. The second kappa shape index (κ2) is 10.9. The molecule has 33 heavy (non-hydrogen) atoms. The third-order valence-electron chi connectivity index (χ3n) is 6.32. The lowest BCUT2D eigenvalue weighted by Gasteiger charge is -2.23. The van der Waals surface area contributed by atoms with Gasteiger partial charge in [0.2, 0.25) is 0 Å². The van der Waals surface area contributed by atoms with Gasteiger partial charge in [-0.05, 0) is 70.9 Å². The van der Waals surface area contributed by atoms with E-state index < -0.39 is 0 Å². The van der Waals surface area contributed by atoms with Crippen LogP contribution in [-0.2, 0) is 28.4 Å². The van der Waals surface area contributed by atoms with Crippen molar-refractivity contribution in [3.63, 3.8) is 0 Å². The van der Waals surface area contributed by atoms with E-state index >= 15 is 0 Å². The summed E-state index contributed by atoms with van der Waals surface area (Å²) in [5.74, 6) is 1.78. The van der Waals surface area contributed by atoms with Crippen LogP contribution in [0.15, 0.2) is 36.4 Å². The van der Waals surface area contributed by atoms with Crippen LogP contribution in [-0.4, -0.2) is 37.6 Å². The van der Waals surface area contributed by atoms with Gasteiger partial charge in [-0.2, -0.15) is 0 Å². The molecule has 0 aromatic heterocycles. The minimum Gasteiger partial charge on any atom is -0.491 e. The normalized spacial score (nSPS) is 17.4. The van der Waals surface area contributed by atoms with Crippen molar-refractivity contribution in [1.29, 1.82) is 0 Å². The molecule has 0 saturated heterocycles. The molecule has 1 aliphatic rings. The summed E-state index contributed by atoms with van der Waals surface area (Å²) in [7, 11) is 0. The van der Waals surface area contributed by atoms with Crippen molar-refractivity contribution in [3.8, 4) is 11.5 Å². The molecule has 0 bridgehead atoms. The number of rotatable bonds is 0. The maximum absolute atomic E-state index is 10.8. The average molecular weight is 455 g/mol. The molecular weight excluding hydrogens is 412 g/mol. The van der Waals surface area contributed by atoms with Gasteiger partial charge in [0, 0.05) is 0 Å². The molecule has 1 N–H and O–H groups in total. The Bertz CT molecular complexity index is 831. The van der Waals surface area contributed by atoms with Crippen LogP contribution in [0, 0.1) is 0 Å². The van der Waals surface area contributed by atoms with Gasteiger partial charge in [0.25, 0.3) is 0 Å². The minimum absolute atomic E-state index is 0.0699. The largest absolute Gasteiger partial charge is 0.491 e. The van der Waals surface area contributed by atoms with Crippen LogP contribution < -0.4 is 9.47 Å². The summed E-state index contributed by atoms with van der Waals surface area (Å²) >= 11 is 0. The Morgan fingerprint density at radius 3 is 1.48 bits per heavy atom. The Hall–Kier alpha value is -2.04. The number of hydrogen-bond donors (Lipinski definition) is 1. The molecule has 0 fully saturated rings. The highest BCUT2D eigenvalue weighted by molar-refractivity contribution is 5.41. The van der Waals surface area contributed by atoms with Crippen LogP contribution >= 0.6 is 0 Å². The Balaban J connectivity index is 1.80. The van der Waals surface area contributed by atoms with Gasteiger partial charge >= 0.3 is 0 Å². The van der Waals surface area contributed by atoms with E-state index in [2.05, 4.69) is 77.9 Å². The van der Waals surface area contributed by atoms with Crippen molar-refractivity contribution < 1.29 is 19.3 Å². The Labute approximate surface area is 200 Å². The summed E-state index contributed by atoms with van der Waals surface area (Å²) in [5, 5.41) is 10.8. The molecule has 1 heterocycles. The quantitative estimate of drug-likeness (QED) is 0.531. The van der Waals surface area contributed by atoms with Crippen molar-refractivity contribution in [2.45, 2.75) is 84.2 Å². The van der Waals surface area contributed by atoms with E-state index in [9.17, 15) is 5.11 Å². The number of aliphatic hydroxyl groups is 1. The Morgan fingerprint density at radius 1 is 0.667 bits per heavy atom. The number of benzene rings is 2. The molecule has 4 heteroatoms. The van der Waals surface area contributed by atoms with E-state index in [0.717, 1.165) is 35.5 Å². The van der Waals surface area contributed by atoms with Crippen molar-refractivity contribution >= 4 is 0 Å². The van der Waals surface area contributed by atoms with Crippen molar-refractivity contribution in [2.75, 3.05) is 26.4 Å². The molecule has 2 aromatic carbocycles. The predicted octanol–water partition coefficient (Wildman–Crippen LogP) is 6.00. The topological polar surface area (TPSA) is 47.9 Å². The summed E-state index contributed by atoms with van der Waals surface area (Å²) in [6.07, 6.45) is 2.60. The smallest absolute Gasteiger partial charge is 0.122 e. The molecule has 0 spiro atoms. The Morgan fingerprint density at radius 2 is 1.09 bits per heavy atom. The number of aryl methyl sites for hydroxylation is 2. The predicted molar refractivity (Wildman–Crippen MR) is 135 cm³/mol. The lowest BCUT2D eigenvalue weighted by Crippen LogP contribution is -2.17. The van der Waals surface area contributed by atoms with Gasteiger partial charge in [0.1, 0.15) is 24.7 Å². The van der Waals surface area contributed by atoms with E-state index in [1.54, 1.807) is 0 Å². The number of aliphatic hydroxyl groups excluding tert-OH is 1. The SMILES string of the molecule is CC(C)(C)c1ccc2c(c1)CCC(O)CCc1cc(C(C)(C)C)ccc1OCCOCCO2. The number of fused-ring (bicyclic) bond motifs is 2. The van der Waals surface area contributed by atoms with Crippen molar-refractivity contribution in [2.24, 2.45) is 0 Å². The average Bonchev–Trinajstić information content (AvgIpc) is 2.74. The third kappa shape index (κ3) is 7.48. The first-order valence-electron chi connectivity index (χ1n) is 12.3. The summed E-state index contributed by atoms with van der Waals surface area (Å²) < 4.78 is 17.8. The van der Waals surface area contributed by atoms with Gasteiger partial charge in [-0.15, -0.1) is 0 Å². The summed E-state index contributed by atoms with van der Waals surface area (Å²) in [6, 6.07) is 12.9. The van der Waals surface area contributed by atoms with Gasteiger partial charge in [-0.25, -0.2) is 0 Å². The second-order valence-electron chi connectivity index (χ2n) is 11.2. The molecule has 0 aliphatic carbocycles. The van der Waals surface area contributed by atoms with Gasteiger partial charge < -0.3 is 19.3 Å². The molecular formula is C29H42O4. The maximum atomic E-state index is 10.8. The first kappa shape index (κ1) is 25.6. The third-order valence-corrected chi connectivity index (χ3v) is 6.32. The van der Waals surface area contributed by atoms with Crippen LogP contribution in [0.1, 0.15) is 76.6 Å². The van der Waals surface area contributed by atoms with Crippen LogP contribution in [0.4, 0.5) is 0 Å². The lowest BCUT2D eigenvalue weighted by atomic mass is 9.85. The van der Waals surface area contributed by atoms with Crippen LogP contribution in [0.25, 0.3) is 0 Å². The van der Waals surface area contributed by atoms with E-state index in [0.29, 0.717) is 39.3 Å². The zero-order valence-corrected chi connectivity index (χ0v) is 21.4. The zero-order chi connectivity index (χ0) is 24.1. The molecule has 2 aromatic rings. The zero-order valence-electron chi connectivity index (χ0n) is 21.4. The van der Waals surface area contributed by atoms with E-state index in [4.69, 9.17) is 14.2 Å². The van der Waals surface area contributed by atoms with Crippen LogP contribution in [0.3, 0.4) is 0 Å². The van der Waals surface area contributed by atoms with Crippen LogP contribution in [0.5, 0.6) is 11.5 Å². The first-order chi connectivity index (χ1) is 15.5. The lowest BCUT2D eigenvalue weighted by molar-refractivity contribution is 0.0755. The van der Waals surface area contributed by atoms with Crippen LogP contribution in [0.2, 0.25) is 0 Å². The van der Waals surface area contributed by atoms with E-state index in [1.165, 1.54) is 11.1 Å². The van der Waals surface area contributed by atoms with Gasteiger partial charge in [-0.3, -0.25) is 0 Å². The standard InChI is InChI=1S/C29H42O4/c1-28(2,3)23-9-13-26-21(19-23)7-11-25(30)12-8-22-20-24(29(4,5)6)10-14-27(22)33-18-16-31-15-17-32-26/h9-10,13-14,19-20,25,30H,7-8,11-12,15-18H2,1-6H3. The highest BCUT2D eigenvalue weighted by atomic mass is 16.5. The van der Waals surface area contributed by atoms with E-state index in [1.807, 2.05) is 0 Å². The second-order valence-corrected chi connectivity index (χ2v) is 11.2. The van der Waals surface area contributed by atoms with Gasteiger partial charge in [-0.1, -0.05) is 65.8 Å². The first-order valence-corrected chi connectivity index (χ1v) is 12.3. The van der Waals surface area contributed by atoms with Crippen molar-refractivity contribution in [3.05, 3.63) is 58.7 Å². The molecule has 182 valence electrons. The highest BCUT2D eigenvalue weighted by Crippen LogP contribution is 2.31. The fourth-order valence-corrected chi connectivity index (χ4v) is 4.08. The fraction of sp³-hybridized carbons (Fsp3) is 0.586. The Kier molecular flexibility index (Phi) is 8.47. The molecule has 0 radical (unpaired) electrons. The number of hydrogen-bond acceptors (Lipinski definition) is 4. The summed E-state index contributed by atoms with van der Waals surface area (Å²) in [5.41, 5.74) is 5.03. The van der Waals surface area contributed by atoms with Crippen molar-refractivity contribution in [1.82, 2.24) is 0 Å². The van der Waals surface area contributed by atoms with Gasteiger partial charge in [0.15, 0.2) is 0 Å². The molecule has 3 rings (SSSR count). The van der Waals surface area contributed by atoms with E-state index in [-0.39, 0.29) is 16.9 Å². The molecule has 0 atom stereocenters. The summed E-state index contributed by atoms with van der Waals surface area (Å²) in [4.78, 5) is 0. The molecule has 0 saturated carbocycles. The monoisotopic (exact) mass is 454 g/mol. The molecule has 1 aliphatic heterocycles. The molecule has 4 nitrogen and oxygen atoms in total. The number of ether oxygens (including phenoxy) is 3. The minimum atomic E-state index is -0.376.